The maximum Gasteiger partial charge on any atom is 0.573 e. The van der Waals surface area contributed by atoms with Crippen LogP contribution in [-0.2, 0) is 4.79 Å². The van der Waals surface area contributed by atoms with E-state index in [9.17, 15) is 23.1 Å². The third-order valence-corrected chi connectivity index (χ3v) is 6.35. The number of aliphatic imine (C=N–C) groups is 1. The Labute approximate surface area is 177 Å². The Morgan fingerprint density at radius 3 is 2.70 bits per heavy atom. The van der Waals surface area contributed by atoms with Gasteiger partial charge in [-0.15, -0.1) is 24.5 Å². The molecule has 1 aliphatic heterocycles. The van der Waals surface area contributed by atoms with Crippen molar-refractivity contribution in [3.63, 3.8) is 0 Å². The number of halogens is 3. The van der Waals surface area contributed by atoms with E-state index in [1.165, 1.54) is 47.4 Å². The number of ether oxygens (including phenoxy) is 1. The van der Waals surface area contributed by atoms with Gasteiger partial charge in [0.2, 0.25) is 0 Å². The lowest BCUT2D eigenvalue weighted by Crippen LogP contribution is -2.24. The number of benzene rings is 1. The van der Waals surface area contributed by atoms with E-state index < -0.39 is 12.5 Å². The second kappa shape index (κ2) is 8.40. The van der Waals surface area contributed by atoms with E-state index in [4.69, 9.17) is 0 Å². The highest BCUT2D eigenvalue weighted by molar-refractivity contribution is 8.18. The summed E-state index contributed by atoms with van der Waals surface area (Å²) in [5, 5.41) is 15.4. The van der Waals surface area contributed by atoms with Crippen molar-refractivity contribution in [1.82, 2.24) is 10.3 Å². The van der Waals surface area contributed by atoms with Gasteiger partial charge in [0.15, 0.2) is 5.17 Å². The van der Waals surface area contributed by atoms with Crippen molar-refractivity contribution in [2.24, 2.45) is 4.99 Å². The summed E-state index contributed by atoms with van der Waals surface area (Å²) in [4.78, 5) is 21.5. The Hall–Kier alpha value is -2.37. The van der Waals surface area contributed by atoms with Gasteiger partial charge >= 0.3 is 6.36 Å². The maximum absolute atomic E-state index is 12.3. The first-order chi connectivity index (χ1) is 14.3. The first-order valence-corrected chi connectivity index (χ1v) is 10.7. The van der Waals surface area contributed by atoms with Crippen LogP contribution in [0.1, 0.15) is 25.0 Å². The monoisotopic (exact) mass is 455 g/mol. The molecule has 30 heavy (non-hydrogen) atoms. The van der Waals surface area contributed by atoms with Crippen LogP contribution in [-0.4, -0.2) is 39.7 Å². The van der Waals surface area contributed by atoms with Crippen molar-refractivity contribution in [3.8, 4) is 16.3 Å². The number of alkyl halides is 3. The van der Waals surface area contributed by atoms with Crippen molar-refractivity contribution < 1.29 is 27.8 Å². The second-order valence-electron chi connectivity index (χ2n) is 6.71. The van der Waals surface area contributed by atoms with Gasteiger partial charge in [0, 0.05) is 10.9 Å². The number of amidine groups is 1. The first kappa shape index (κ1) is 20.9. The molecule has 2 aromatic rings. The molecule has 1 aliphatic carbocycles. The molecule has 1 amide bonds. The van der Waals surface area contributed by atoms with Gasteiger partial charge in [-0.1, -0.05) is 0 Å². The fraction of sp³-hybridized carbons (Fsp3) is 0.316. The van der Waals surface area contributed by atoms with Gasteiger partial charge in [-0.25, -0.2) is 4.98 Å². The average molecular weight is 455 g/mol. The Morgan fingerprint density at radius 1 is 1.27 bits per heavy atom. The van der Waals surface area contributed by atoms with E-state index in [-0.39, 0.29) is 17.7 Å². The van der Waals surface area contributed by atoms with E-state index in [1.54, 1.807) is 11.5 Å². The summed E-state index contributed by atoms with van der Waals surface area (Å²) in [5.74, 6) is -0.585. The number of rotatable bonds is 4. The molecule has 4 rings (SSSR count). The topological polar surface area (TPSA) is 83.8 Å². The van der Waals surface area contributed by atoms with Gasteiger partial charge in [-0.3, -0.25) is 9.79 Å². The standard InChI is InChI=1S/C19H16F3N3O3S2/c20-19(21,22)28-12-6-4-10(5-7-12)17-23-11(9-29-17)8-15-16(27)25-18(30-15)24-13-2-1-3-14(13)26/h4-9,13-14,26H,1-3H2,(H,24,25,27)/b15-8+/t13-,14-/m0/s1. The van der Waals surface area contributed by atoms with Crippen LogP contribution in [0.2, 0.25) is 0 Å². The number of hydrogen-bond donors (Lipinski definition) is 2. The number of nitrogens with one attached hydrogen (secondary N) is 1. The molecule has 158 valence electrons. The van der Waals surface area contributed by atoms with Gasteiger partial charge in [0.1, 0.15) is 10.8 Å². The minimum absolute atomic E-state index is 0.192. The van der Waals surface area contributed by atoms with E-state index in [0.29, 0.717) is 32.8 Å². The fourth-order valence-corrected chi connectivity index (χ4v) is 4.78. The molecule has 6 nitrogen and oxygen atoms in total. The van der Waals surface area contributed by atoms with Crippen molar-refractivity contribution in [3.05, 3.63) is 40.2 Å². The zero-order valence-electron chi connectivity index (χ0n) is 15.3. The third kappa shape index (κ3) is 5.02. The number of carbonyl (C=O) groups excluding carboxylic acids is 1. The molecule has 2 atom stereocenters. The van der Waals surface area contributed by atoms with E-state index >= 15 is 0 Å². The Bertz CT molecular complexity index is 1000. The molecule has 2 fully saturated rings. The third-order valence-electron chi connectivity index (χ3n) is 4.51. The molecule has 11 heteroatoms. The normalized spacial score (nSPS) is 24.6. The number of thioether (sulfide) groups is 1. The molecule has 0 spiro atoms. The van der Waals surface area contributed by atoms with Gasteiger partial charge in [-0.2, -0.15) is 0 Å². The van der Waals surface area contributed by atoms with Gasteiger partial charge < -0.3 is 15.2 Å². The highest BCUT2D eigenvalue weighted by Gasteiger charge is 2.31. The molecule has 2 N–H and O–H groups in total. The molecule has 1 aromatic heterocycles. The lowest BCUT2D eigenvalue weighted by molar-refractivity contribution is -0.274. The number of aliphatic hydroxyl groups excluding tert-OH is 1. The van der Waals surface area contributed by atoms with Crippen LogP contribution in [0.4, 0.5) is 13.2 Å². The highest BCUT2D eigenvalue weighted by atomic mass is 32.2. The van der Waals surface area contributed by atoms with E-state index in [2.05, 4.69) is 20.0 Å². The molecule has 0 bridgehead atoms. The lowest BCUT2D eigenvalue weighted by Gasteiger charge is -2.09. The second-order valence-corrected chi connectivity index (χ2v) is 8.60. The summed E-state index contributed by atoms with van der Waals surface area (Å²) in [6.45, 7) is 0. The summed E-state index contributed by atoms with van der Waals surface area (Å²) in [7, 11) is 0. The summed E-state index contributed by atoms with van der Waals surface area (Å²) >= 11 is 2.51. The van der Waals surface area contributed by atoms with Crippen LogP contribution in [0.25, 0.3) is 16.6 Å². The maximum atomic E-state index is 12.3. The number of thiazole rings is 1. The zero-order valence-corrected chi connectivity index (χ0v) is 17.0. The minimum Gasteiger partial charge on any atom is -0.406 e. The molecule has 1 aromatic carbocycles. The predicted octanol–water partition coefficient (Wildman–Crippen LogP) is 4.18. The summed E-state index contributed by atoms with van der Waals surface area (Å²) in [6.07, 6.45) is -1.16. The van der Waals surface area contributed by atoms with Crippen LogP contribution in [0.3, 0.4) is 0 Å². The average Bonchev–Trinajstić information content (AvgIpc) is 3.38. The van der Waals surface area contributed by atoms with Crippen LogP contribution in [0, 0.1) is 0 Å². The zero-order chi connectivity index (χ0) is 21.3. The van der Waals surface area contributed by atoms with E-state index in [0.717, 1.165) is 12.8 Å². The molecule has 1 saturated carbocycles. The molecule has 2 aliphatic rings. The summed E-state index contributed by atoms with van der Waals surface area (Å²) < 4.78 is 40.6. The smallest absolute Gasteiger partial charge is 0.406 e. The highest BCUT2D eigenvalue weighted by Crippen LogP contribution is 2.32. The quantitative estimate of drug-likeness (QED) is 0.676. The first-order valence-electron chi connectivity index (χ1n) is 9.05. The van der Waals surface area contributed by atoms with Crippen LogP contribution >= 0.6 is 23.1 Å². The number of aliphatic hydroxyl groups is 1. The predicted molar refractivity (Wildman–Crippen MR) is 109 cm³/mol. The van der Waals surface area contributed by atoms with Crippen molar-refractivity contribution in [2.75, 3.05) is 0 Å². The number of carbonyl (C=O) groups is 1. The molecular weight excluding hydrogens is 439 g/mol. The number of aromatic nitrogens is 1. The fourth-order valence-electron chi connectivity index (χ4n) is 3.13. The lowest BCUT2D eigenvalue weighted by atomic mass is 10.2. The van der Waals surface area contributed by atoms with Gasteiger partial charge in [0.05, 0.1) is 22.7 Å². The molecule has 1 saturated heterocycles. The SMILES string of the molecule is O=C1NC(=N[C@H]2CCC[C@@H]2O)S/C1=C/c1csc(-c2ccc(OC(F)(F)F)cc2)n1. The number of hydrogen-bond acceptors (Lipinski definition) is 7. The molecular formula is C19H16F3N3O3S2. The summed E-state index contributed by atoms with van der Waals surface area (Å²) in [5.41, 5.74) is 1.20. The molecule has 0 unspecified atom stereocenters. The molecule has 2 heterocycles. The van der Waals surface area contributed by atoms with E-state index in [1.807, 2.05) is 0 Å². The van der Waals surface area contributed by atoms with Crippen LogP contribution in [0.15, 0.2) is 39.5 Å². The Balaban J connectivity index is 1.46. The minimum atomic E-state index is -4.74. The Morgan fingerprint density at radius 2 is 2.03 bits per heavy atom. The van der Waals surface area contributed by atoms with Crippen molar-refractivity contribution in [2.45, 2.75) is 37.8 Å². The summed E-state index contributed by atoms with van der Waals surface area (Å²) in [6, 6.07) is 5.24. The largest absolute Gasteiger partial charge is 0.573 e. The molecule has 0 radical (unpaired) electrons. The number of amides is 1. The van der Waals surface area contributed by atoms with Gasteiger partial charge in [-0.05, 0) is 61.4 Å². The number of nitrogens with zero attached hydrogens (tertiary/aromatic N) is 2. The van der Waals surface area contributed by atoms with Gasteiger partial charge in [0.25, 0.3) is 5.91 Å². The Kier molecular flexibility index (Phi) is 5.85. The van der Waals surface area contributed by atoms with Crippen LogP contribution < -0.4 is 10.1 Å². The van der Waals surface area contributed by atoms with Crippen molar-refractivity contribution >= 4 is 40.2 Å². The van der Waals surface area contributed by atoms with Crippen molar-refractivity contribution in [1.29, 1.82) is 0 Å². The van der Waals surface area contributed by atoms with Crippen LogP contribution in [0.5, 0.6) is 5.75 Å².